The summed E-state index contributed by atoms with van der Waals surface area (Å²) in [5.41, 5.74) is 5.66. The zero-order valence-corrected chi connectivity index (χ0v) is 5.24. The van der Waals surface area contributed by atoms with E-state index in [-0.39, 0.29) is 5.02 Å². The summed E-state index contributed by atoms with van der Waals surface area (Å²) < 4.78 is 12.3. The predicted molar refractivity (Wildman–Crippen MR) is 34.7 cm³/mol. The molecule has 0 heterocycles. The van der Waals surface area contributed by atoms with Crippen LogP contribution < -0.4 is 5.73 Å². The van der Waals surface area contributed by atoms with Crippen molar-refractivity contribution in [2.24, 2.45) is 0 Å². The molecule has 1 radical (unpaired) electrons. The maximum absolute atomic E-state index is 12.3. The quantitative estimate of drug-likeness (QED) is 0.553. The number of nitrogens with two attached hydrogens (primary N) is 1. The van der Waals surface area contributed by atoms with Crippen molar-refractivity contribution in [3.8, 4) is 0 Å². The second-order valence-electron chi connectivity index (χ2n) is 1.59. The van der Waals surface area contributed by atoms with Gasteiger partial charge in [-0.05, 0) is 12.1 Å². The van der Waals surface area contributed by atoms with E-state index >= 15 is 0 Å². The highest BCUT2D eigenvalue weighted by molar-refractivity contribution is 6.30. The largest absolute Gasteiger partial charge is 0.399 e. The molecule has 1 nitrogen and oxygen atoms in total. The Bertz CT molecular complexity index is 224. The van der Waals surface area contributed by atoms with Gasteiger partial charge in [-0.25, -0.2) is 4.39 Å². The molecule has 0 fully saturated rings. The fourth-order valence-electron chi connectivity index (χ4n) is 0.467. The van der Waals surface area contributed by atoms with Crippen LogP contribution in [0, 0.1) is 11.9 Å². The topological polar surface area (TPSA) is 26.0 Å². The lowest BCUT2D eigenvalue weighted by Crippen LogP contribution is -1.85. The van der Waals surface area contributed by atoms with E-state index in [9.17, 15) is 4.39 Å². The highest BCUT2D eigenvalue weighted by Crippen LogP contribution is 2.15. The SMILES string of the molecule is Nc1c[c]c(F)c(Cl)c1. The Kier molecular flexibility index (Phi) is 1.58. The molecule has 0 aliphatic rings. The van der Waals surface area contributed by atoms with Crippen LogP contribution in [0.1, 0.15) is 0 Å². The Morgan fingerprint density at radius 1 is 1.67 bits per heavy atom. The standard InChI is InChI=1S/C6H4ClFN/c7-5-3-4(9)1-2-6(5)8/h1,3H,9H2. The van der Waals surface area contributed by atoms with Gasteiger partial charge in [0.1, 0.15) is 5.82 Å². The molecule has 0 saturated carbocycles. The molecule has 0 bridgehead atoms. The highest BCUT2D eigenvalue weighted by atomic mass is 35.5. The number of halogens is 2. The van der Waals surface area contributed by atoms with Crippen molar-refractivity contribution < 1.29 is 4.39 Å². The van der Waals surface area contributed by atoms with Crippen molar-refractivity contribution in [3.05, 3.63) is 29.0 Å². The lowest BCUT2D eigenvalue weighted by atomic mass is 10.3. The summed E-state index contributed by atoms with van der Waals surface area (Å²) in [5, 5.41) is 0.00926. The Hall–Kier alpha value is -0.760. The fourth-order valence-corrected chi connectivity index (χ4v) is 0.648. The predicted octanol–water partition coefficient (Wildman–Crippen LogP) is 1.86. The van der Waals surface area contributed by atoms with E-state index in [1.54, 1.807) is 0 Å². The first-order chi connectivity index (χ1) is 4.20. The first-order valence-corrected chi connectivity index (χ1v) is 2.70. The van der Waals surface area contributed by atoms with Crippen LogP contribution in [0.4, 0.5) is 10.1 Å². The molecule has 0 unspecified atom stereocenters. The maximum Gasteiger partial charge on any atom is 0.149 e. The zero-order valence-electron chi connectivity index (χ0n) is 4.49. The number of nitrogen functional groups attached to an aromatic ring is 1. The van der Waals surface area contributed by atoms with Crippen LogP contribution in [0.15, 0.2) is 12.1 Å². The van der Waals surface area contributed by atoms with Crippen molar-refractivity contribution in [2.45, 2.75) is 0 Å². The molecule has 0 aliphatic carbocycles. The summed E-state index contributed by atoms with van der Waals surface area (Å²) in [6.45, 7) is 0. The van der Waals surface area contributed by atoms with E-state index in [1.807, 2.05) is 0 Å². The molecule has 0 spiro atoms. The summed E-state index contributed by atoms with van der Waals surface area (Å²) in [6, 6.07) is 4.92. The molecule has 0 atom stereocenters. The minimum atomic E-state index is -0.564. The molecule has 3 heteroatoms. The van der Waals surface area contributed by atoms with Gasteiger partial charge in [-0.2, -0.15) is 0 Å². The van der Waals surface area contributed by atoms with Crippen molar-refractivity contribution >= 4 is 17.3 Å². The maximum atomic E-state index is 12.3. The van der Waals surface area contributed by atoms with E-state index in [0.29, 0.717) is 5.69 Å². The van der Waals surface area contributed by atoms with Gasteiger partial charge >= 0.3 is 0 Å². The Labute approximate surface area is 57.2 Å². The van der Waals surface area contributed by atoms with Crippen molar-refractivity contribution in [1.29, 1.82) is 0 Å². The number of hydrogen-bond acceptors (Lipinski definition) is 1. The van der Waals surface area contributed by atoms with Gasteiger partial charge in [0, 0.05) is 11.8 Å². The van der Waals surface area contributed by atoms with Crippen LogP contribution in [0.25, 0.3) is 0 Å². The Morgan fingerprint density at radius 3 is 2.78 bits per heavy atom. The smallest absolute Gasteiger partial charge is 0.149 e. The van der Waals surface area contributed by atoms with Crippen LogP contribution >= 0.6 is 11.6 Å². The van der Waals surface area contributed by atoms with Gasteiger partial charge in [-0.15, -0.1) is 0 Å². The van der Waals surface area contributed by atoms with Gasteiger partial charge < -0.3 is 5.73 Å². The molecular weight excluding hydrogens is 141 g/mol. The van der Waals surface area contributed by atoms with Crippen molar-refractivity contribution in [2.75, 3.05) is 5.73 Å². The summed E-state index contributed by atoms with van der Waals surface area (Å²) in [5.74, 6) is -0.564. The molecule has 0 saturated heterocycles. The van der Waals surface area contributed by atoms with Crippen molar-refractivity contribution in [3.63, 3.8) is 0 Å². The third-order valence-corrected chi connectivity index (χ3v) is 1.14. The molecule has 0 aliphatic heterocycles. The second kappa shape index (κ2) is 2.23. The van der Waals surface area contributed by atoms with Gasteiger partial charge in [0.25, 0.3) is 0 Å². The molecule has 47 valence electrons. The minimum absolute atomic E-state index is 0.00926. The van der Waals surface area contributed by atoms with Crippen LogP contribution in [0.5, 0.6) is 0 Å². The highest BCUT2D eigenvalue weighted by Gasteiger charge is 1.96. The number of benzene rings is 1. The van der Waals surface area contributed by atoms with Gasteiger partial charge in [0.05, 0.1) is 5.02 Å². The van der Waals surface area contributed by atoms with E-state index < -0.39 is 5.82 Å². The average Bonchev–Trinajstić information content (AvgIpc) is 1.80. The Morgan fingerprint density at radius 2 is 2.33 bits per heavy atom. The zero-order chi connectivity index (χ0) is 6.85. The number of hydrogen-bond donors (Lipinski definition) is 1. The monoisotopic (exact) mass is 144 g/mol. The molecule has 0 aromatic heterocycles. The summed E-state index contributed by atoms with van der Waals surface area (Å²) in [6.07, 6.45) is 0. The van der Waals surface area contributed by atoms with E-state index in [2.05, 4.69) is 6.07 Å². The van der Waals surface area contributed by atoms with Crippen LogP contribution in [0.2, 0.25) is 5.02 Å². The van der Waals surface area contributed by atoms with E-state index in [0.717, 1.165) is 0 Å². The van der Waals surface area contributed by atoms with Crippen LogP contribution in [0.3, 0.4) is 0 Å². The summed E-state index contributed by atoms with van der Waals surface area (Å²) in [7, 11) is 0. The normalized spacial score (nSPS) is 9.56. The molecule has 1 rings (SSSR count). The molecule has 2 N–H and O–H groups in total. The van der Waals surface area contributed by atoms with Gasteiger partial charge in [-0.3, -0.25) is 0 Å². The fraction of sp³-hybridized carbons (Fsp3) is 0. The molecule has 1 aromatic carbocycles. The van der Waals surface area contributed by atoms with Gasteiger partial charge in [0.15, 0.2) is 0 Å². The average molecular weight is 145 g/mol. The lowest BCUT2D eigenvalue weighted by molar-refractivity contribution is 0.626. The minimum Gasteiger partial charge on any atom is -0.399 e. The van der Waals surface area contributed by atoms with Gasteiger partial charge in [-0.1, -0.05) is 11.6 Å². The first kappa shape index (κ1) is 6.36. The number of rotatable bonds is 0. The third-order valence-electron chi connectivity index (χ3n) is 0.869. The first-order valence-electron chi connectivity index (χ1n) is 2.32. The van der Waals surface area contributed by atoms with Crippen LogP contribution in [-0.4, -0.2) is 0 Å². The summed E-state index contributed by atoms with van der Waals surface area (Å²) in [4.78, 5) is 0. The van der Waals surface area contributed by atoms with Crippen LogP contribution in [-0.2, 0) is 0 Å². The second-order valence-corrected chi connectivity index (χ2v) is 2.00. The van der Waals surface area contributed by atoms with Crippen molar-refractivity contribution in [1.82, 2.24) is 0 Å². The van der Waals surface area contributed by atoms with Gasteiger partial charge in [0.2, 0.25) is 0 Å². The lowest BCUT2D eigenvalue weighted by Gasteiger charge is -1.92. The van der Waals surface area contributed by atoms with E-state index in [4.69, 9.17) is 17.3 Å². The summed E-state index contributed by atoms with van der Waals surface area (Å²) >= 11 is 5.33. The molecule has 0 amide bonds. The molecule has 9 heavy (non-hydrogen) atoms. The number of anilines is 1. The molecular formula is C6H4ClFN. The Balaban J connectivity index is 3.17. The molecule has 1 aromatic rings. The van der Waals surface area contributed by atoms with E-state index in [1.165, 1.54) is 12.1 Å². The third kappa shape index (κ3) is 1.33.